The van der Waals surface area contributed by atoms with Gasteiger partial charge in [0.1, 0.15) is 59.6 Å². The first-order valence-corrected chi connectivity index (χ1v) is 17.0. The Bertz CT molecular complexity index is 1620. The number of benzene rings is 2. The highest BCUT2D eigenvalue weighted by molar-refractivity contribution is 8.00. The SMILES string of the molecule is O=C(NCc1ccccc1)c1cn([C@H]2[C@@H](O)[C@@H](CO)O[C@@H](S[C@@H]3O[C@H](CO)[C@H](O)[C@H](n4cc(C(=O)NCc5ccccc5)nn4)[C@H]3O)[C@@H]2O)nn1. The van der Waals surface area contributed by atoms with Gasteiger partial charge in [-0.15, -0.1) is 10.2 Å². The van der Waals surface area contributed by atoms with E-state index in [0.29, 0.717) is 0 Å². The Hall–Kier alpha value is -4.31. The number of nitrogens with one attached hydrogen (secondary N) is 2. The van der Waals surface area contributed by atoms with Crippen molar-refractivity contribution in [3.05, 3.63) is 95.6 Å². The van der Waals surface area contributed by atoms with Gasteiger partial charge in [0.25, 0.3) is 11.8 Å². The molecule has 10 atom stereocenters. The minimum absolute atomic E-state index is 0.0869. The molecule has 0 radical (unpaired) electrons. The molecule has 4 aromatic rings. The van der Waals surface area contributed by atoms with E-state index in [9.17, 15) is 40.2 Å². The van der Waals surface area contributed by atoms with Crippen molar-refractivity contribution in [2.24, 2.45) is 0 Å². The molecule has 2 fully saturated rings. The van der Waals surface area contributed by atoms with Crippen molar-refractivity contribution >= 4 is 23.6 Å². The van der Waals surface area contributed by atoms with Crippen LogP contribution in [0.3, 0.4) is 0 Å². The standard InChI is InChI=1S/C32H38N8O10S/c41-15-21-25(43)23(39-13-19(35-37-39)29(47)33-11-17-7-3-1-4-8-17)27(45)31(49-21)51-32-28(46)24(26(44)22(16-42)50-32)40-14-20(36-38-40)30(48)34-12-18-9-5-2-6-10-18/h1-10,13-14,21-28,31-32,41-46H,11-12,15-16H2,(H,33,47)(H,34,48)/t21-,22-,23+,24+,25+,26+,27-,28-,31+,32+/m1/s1. The lowest BCUT2D eigenvalue weighted by Gasteiger charge is -2.46. The van der Waals surface area contributed by atoms with E-state index in [0.717, 1.165) is 32.3 Å². The second-order valence-corrected chi connectivity index (χ2v) is 13.2. The van der Waals surface area contributed by atoms with Crippen molar-refractivity contribution < 1.29 is 49.7 Å². The van der Waals surface area contributed by atoms with Crippen molar-refractivity contribution in [2.75, 3.05) is 13.2 Å². The molecule has 0 unspecified atom stereocenters. The first kappa shape index (κ1) is 36.5. The number of hydrogen-bond donors (Lipinski definition) is 8. The molecule has 272 valence electrons. The fraction of sp³-hybridized carbons (Fsp3) is 0.438. The van der Waals surface area contributed by atoms with E-state index in [-0.39, 0.29) is 24.5 Å². The quantitative estimate of drug-likeness (QED) is 0.0795. The summed E-state index contributed by atoms with van der Waals surface area (Å²) >= 11 is 0.764. The van der Waals surface area contributed by atoms with E-state index in [1.807, 2.05) is 60.7 Å². The summed E-state index contributed by atoms with van der Waals surface area (Å²) in [4.78, 5) is 25.6. The fourth-order valence-electron chi connectivity index (χ4n) is 5.91. The number of aliphatic hydroxyl groups is 6. The Morgan fingerprint density at radius 1 is 0.647 bits per heavy atom. The zero-order valence-electron chi connectivity index (χ0n) is 26.9. The van der Waals surface area contributed by atoms with Gasteiger partial charge in [-0.25, -0.2) is 9.36 Å². The summed E-state index contributed by atoms with van der Waals surface area (Å²) in [6.07, 6.45) is -6.10. The molecule has 2 amide bonds. The molecular weight excluding hydrogens is 688 g/mol. The maximum atomic E-state index is 12.8. The van der Waals surface area contributed by atoms with Crippen molar-refractivity contribution in [3.8, 4) is 0 Å². The number of carbonyl (C=O) groups excluding carboxylic acids is 2. The van der Waals surface area contributed by atoms with E-state index in [1.165, 1.54) is 12.4 Å². The molecule has 6 rings (SSSR count). The number of nitrogens with zero attached hydrogens (tertiary/aromatic N) is 6. The van der Waals surface area contributed by atoms with Crippen LogP contribution in [0.1, 0.15) is 44.2 Å². The molecule has 2 aliphatic heterocycles. The van der Waals surface area contributed by atoms with Gasteiger partial charge in [-0.2, -0.15) is 0 Å². The molecule has 8 N–H and O–H groups in total. The molecule has 4 heterocycles. The third-order valence-corrected chi connectivity index (χ3v) is 9.97. The summed E-state index contributed by atoms with van der Waals surface area (Å²) < 4.78 is 13.8. The summed E-state index contributed by atoms with van der Waals surface area (Å²) in [6.45, 7) is -0.870. The van der Waals surface area contributed by atoms with Gasteiger partial charge in [0.15, 0.2) is 11.4 Å². The van der Waals surface area contributed by atoms with Crippen molar-refractivity contribution in [1.82, 2.24) is 40.6 Å². The van der Waals surface area contributed by atoms with Crippen LogP contribution in [0.25, 0.3) is 0 Å². The Balaban J connectivity index is 1.16. The normalized spacial score (nSPS) is 29.4. The number of aliphatic hydroxyl groups excluding tert-OH is 6. The van der Waals surface area contributed by atoms with Gasteiger partial charge in [0, 0.05) is 13.1 Å². The molecule has 0 bridgehead atoms. The summed E-state index contributed by atoms with van der Waals surface area (Å²) in [5.74, 6) is -1.09. The van der Waals surface area contributed by atoms with E-state index in [1.54, 1.807) is 0 Å². The van der Waals surface area contributed by atoms with Gasteiger partial charge in [-0.3, -0.25) is 9.59 Å². The maximum Gasteiger partial charge on any atom is 0.273 e. The minimum Gasteiger partial charge on any atom is -0.394 e. The zero-order valence-corrected chi connectivity index (χ0v) is 27.8. The van der Waals surface area contributed by atoms with Gasteiger partial charge in [0.05, 0.1) is 25.6 Å². The molecule has 2 aromatic carbocycles. The molecule has 0 aliphatic carbocycles. The Kier molecular flexibility index (Phi) is 11.7. The van der Waals surface area contributed by atoms with Crippen LogP contribution < -0.4 is 10.6 Å². The van der Waals surface area contributed by atoms with Gasteiger partial charge >= 0.3 is 0 Å². The van der Waals surface area contributed by atoms with Crippen molar-refractivity contribution in [3.63, 3.8) is 0 Å². The van der Waals surface area contributed by atoms with E-state index >= 15 is 0 Å². The first-order valence-electron chi connectivity index (χ1n) is 16.1. The predicted molar refractivity (Wildman–Crippen MR) is 176 cm³/mol. The molecule has 2 saturated heterocycles. The second kappa shape index (κ2) is 16.4. The van der Waals surface area contributed by atoms with Gasteiger partial charge in [-0.05, 0) is 11.1 Å². The number of amides is 2. The van der Waals surface area contributed by atoms with Crippen molar-refractivity contribution in [1.29, 1.82) is 0 Å². The highest BCUT2D eigenvalue weighted by Gasteiger charge is 2.51. The smallest absolute Gasteiger partial charge is 0.273 e. The molecule has 0 saturated carbocycles. The summed E-state index contributed by atoms with van der Waals surface area (Å²) in [6, 6.07) is 15.9. The Morgan fingerprint density at radius 3 is 1.41 bits per heavy atom. The third kappa shape index (κ3) is 8.11. The monoisotopic (exact) mass is 726 g/mol. The van der Waals surface area contributed by atoms with E-state index in [4.69, 9.17) is 9.47 Å². The van der Waals surface area contributed by atoms with Crippen LogP contribution >= 0.6 is 11.8 Å². The zero-order chi connectivity index (χ0) is 36.1. The van der Waals surface area contributed by atoms with Crippen LogP contribution in [0.2, 0.25) is 0 Å². The number of carbonyl (C=O) groups is 2. The second-order valence-electron chi connectivity index (χ2n) is 12.0. The largest absolute Gasteiger partial charge is 0.394 e. The van der Waals surface area contributed by atoms with E-state index < -0.39 is 84.6 Å². The number of rotatable bonds is 12. The number of ether oxygens (including phenoxy) is 2. The lowest BCUT2D eigenvalue weighted by molar-refractivity contribution is -0.189. The summed E-state index contributed by atoms with van der Waals surface area (Å²) in [5, 5.41) is 86.2. The van der Waals surface area contributed by atoms with Crippen LogP contribution in [0.15, 0.2) is 73.1 Å². The minimum atomic E-state index is -1.56. The summed E-state index contributed by atoms with van der Waals surface area (Å²) in [5.41, 5.74) is -1.01. The lowest BCUT2D eigenvalue weighted by Crippen LogP contribution is -2.58. The predicted octanol–water partition coefficient (Wildman–Crippen LogP) is -1.88. The van der Waals surface area contributed by atoms with Gasteiger partial charge < -0.3 is 50.7 Å². The molecule has 51 heavy (non-hydrogen) atoms. The Labute approximate surface area is 295 Å². The average Bonchev–Trinajstić information content (AvgIpc) is 3.84. The van der Waals surface area contributed by atoms with Crippen molar-refractivity contribution in [2.45, 2.75) is 72.7 Å². The number of aromatic nitrogens is 6. The van der Waals surface area contributed by atoms with Crippen LogP contribution in [-0.2, 0) is 22.6 Å². The maximum absolute atomic E-state index is 12.8. The Morgan fingerprint density at radius 2 is 1.04 bits per heavy atom. The average molecular weight is 727 g/mol. The third-order valence-electron chi connectivity index (χ3n) is 8.65. The van der Waals surface area contributed by atoms with E-state index in [2.05, 4.69) is 31.3 Å². The first-order chi connectivity index (χ1) is 24.7. The van der Waals surface area contributed by atoms with Crippen LogP contribution in [-0.4, -0.2) is 133 Å². The van der Waals surface area contributed by atoms with Gasteiger partial charge in [0.2, 0.25) is 0 Å². The molecular formula is C32H38N8O10S. The van der Waals surface area contributed by atoms with Crippen LogP contribution in [0.4, 0.5) is 0 Å². The van der Waals surface area contributed by atoms with Gasteiger partial charge in [-0.1, -0.05) is 82.9 Å². The molecule has 2 aromatic heterocycles. The molecule has 0 spiro atoms. The highest BCUT2D eigenvalue weighted by atomic mass is 32.2. The van der Waals surface area contributed by atoms with Crippen LogP contribution in [0.5, 0.6) is 0 Å². The van der Waals surface area contributed by atoms with Crippen LogP contribution in [0, 0.1) is 0 Å². The lowest BCUT2D eigenvalue weighted by atomic mass is 9.97. The summed E-state index contributed by atoms with van der Waals surface area (Å²) in [7, 11) is 0. The fourth-order valence-corrected chi connectivity index (χ4v) is 7.23. The molecule has 2 aliphatic rings. The number of thioether (sulfide) groups is 1. The molecule has 19 heteroatoms. The molecule has 18 nitrogen and oxygen atoms in total. The highest BCUT2D eigenvalue weighted by Crippen LogP contribution is 2.41. The topological polar surface area (TPSA) is 259 Å². The number of hydrogen-bond acceptors (Lipinski definition) is 15.